The molecule has 1 fully saturated rings. The third-order valence-corrected chi connectivity index (χ3v) is 3.55. The summed E-state index contributed by atoms with van der Waals surface area (Å²) < 4.78 is 0. The lowest BCUT2D eigenvalue weighted by molar-refractivity contribution is 0.118. The maximum atomic E-state index is 8.71. The van der Waals surface area contributed by atoms with Crippen LogP contribution in [-0.2, 0) is 0 Å². The van der Waals surface area contributed by atoms with E-state index < -0.39 is 0 Å². The van der Waals surface area contributed by atoms with Crippen LogP contribution in [0.4, 0.5) is 0 Å². The van der Waals surface area contributed by atoms with E-state index in [1.54, 1.807) is 0 Å². The Labute approximate surface area is 93.6 Å². The van der Waals surface area contributed by atoms with E-state index >= 15 is 0 Å². The molecule has 1 aliphatic heterocycles. The minimum absolute atomic E-state index is 0.334. The van der Waals surface area contributed by atoms with Crippen molar-refractivity contribution >= 4 is 0 Å². The molecule has 2 unspecified atom stereocenters. The number of hydrogen-bond acceptors (Lipinski definition) is 3. The van der Waals surface area contributed by atoms with E-state index in [0.717, 1.165) is 25.4 Å². The molecule has 0 aliphatic carbocycles. The fourth-order valence-corrected chi connectivity index (χ4v) is 2.37. The van der Waals surface area contributed by atoms with Crippen LogP contribution in [0.2, 0.25) is 0 Å². The van der Waals surface area contributed by atoms with Crippen LogP contribution in [0, 0.1) is 5.92 Å². The van der Waals surface area contributed by atoms with Gasteiger partial charge in [0.2, 0.25) is 0 Å². The molecule has 0 aromatic rings. The smallest absolute Gasteiger partial charge is 0.0431 e. The second-order valence-electron chi connectivity index (χ2n) is 4.81. The Morgan fingerprint density at radius 3 is 2.73 bits per heavy atom. The van der Waals surface area contributed by atoms with E-state index in [9.17, 15) is 0 Å². The van der Waals surface area contributed by atoms with Crippen molar-refractivity contribution < 1.29 is 5.11 Å². The summed E-state index contributed by atoms with van der Waals surface area (Å²) in [5.74, 6) is 0.707. The van der Waals surface area contributed by atoms with E-state index in [2.05, 4.69) is 11.8 Å². The number of nitrogens with two attached hydrogens (primary N) is 1. The molecule has 0 radical (unpaired) electrons. The van der Waals surface area contributed by atoms with Gasteiger partial charge in [-0.3, -0.25) is 0 Å². The Hall–Kier alpha value is -0.120. The van der Waals surface area contributed by atoms with Crippen molar-refractivity contribution in [2.24, 2.45) is 11.7 Å². The highest BCUT2D eigenvalue weighted by atomic mass is 16.2. The van der Waals surface area contributed by atoms with Gasteiger partial charge in [0, 0.05) is 19.2 Å². The van der Waals surface area contributed by atoms with Crippen molar-refractivity contribution in [3.63, 3.8) is 0 Å². The molecule has 0 amide bonds. The molecule has 1 heterocycles. The summed E-state index contributed by atoms with van der Waals surface area (Å²) in [6, 6.07) is 0.724. The summed E-state index contributed by atoms with van der Waals surface area (Å²) in [5, 5.41) is 8.71. The van der Waals surface area contributed by atoms with Gasteiger partial charge in [-0.25, -0.2) is 0 Å². The van der Waals surface area contributed by atoms with Crippen molar-refractivity contribution in [1.29, 1.82) is 0 Å². The van der Waals surface area contributed by atoms with Crippen LogP contribution in [0.25, 0.3) is 0 Å². The SMILES string of the molecule is CC1CCC(CN)CN1CCCCCO. The number of aliphatic hydroxyl groups excluding tert-OH is 1. The second kappa shape index (κ2) is 7.20. The first kappa shape index (κ1) is 12.9. The van der Waals surface area contributed by atoms with Crippen LogP contribution < -0.4 is 5.73 Å². The Kier molecular flexibility index (Phi) is 6.22. The van der Waals surface area contributed by atoms with E-state index in [0.29, 0.717) is 12.5 Å². The van der Waals surface area contributed by atoms with E-state index in [1.165, 1.54) is 32.4 Å². The molecular formula is C12H26N2O. The Morgan fingerprint density at radius 2 is 2.07 bits per heavy atom. The van der Waals surface area contributed by atoms with E-state index in [-0.39, 0.29) is 0 Å². The van der Waals surface area contributed by atoms with Gasteiger partial charge in [0.1, 0.15) is 0 Å². The molecule has 15 heavy (non-hydrogen) atoms. The predicted molar refractivity (Wildman–Crippen MR) is 63.8 cm³/mol. The molecule has 3 nitrogen and oxygen atoms in total. The molecule has 3 N–H and O–H groups in total. The van der Waals surface area contributed by atoms with Gasteiger partial charge >= 0.3 is 0 Å². The minimum Gasteiger partial charge on any atom is -0.396 e. The molecule has 0 aromatic heterocycles. The van der Waals surface area contributed by atoms with Gasteiger partial charge in [-0.2, -0.15) is 0 Å². The lowest BCUT2D eigenvalue weighted by atomic mass is 9.93. The third-order valence-electron chi connectivity index (χ3n) is 3.55. The van der Waals surface area contributed by atoms with Crippen molar-refractivity contribution in [2.45, 2.75) is 45.1 Å². The number of hydrogen-bond donors (Lipinski definition) is 2. The fourth-order valence-electron chi connectivity index (χ4n) is 2.37. The molecule has 1 saturated heterocycles. The van der Waals surface area contributed by atoms with Crippen LogP contribution in [0.3, 0.4) is 0 Å². The summed E-state index contributed by atoms with van der Waals surface area (Å²) in [7, 11) is 0. The van der Waals surface area contributed by atoms with Crippen LogP contribution in [0.5, 0.6) is 0 Å². The maximum Gasteiger partial charge on any atom is 0.0431 e. The summed E-state index contributed by atoms with van der Waals surface area (Å²) in [6.45, 7) is 5.84. The average molecular weight is 214 g/mol. The lowest BCUT2D eigenvalue weighted by Crippen LogP contribution is -2.44. The highest BCUT2D eigenvalue weighted by molar-refractivity contribution is 4.79. The van der Waals surface area contributed by atoms with Crippen molar-refractivity contribution in [3.05, 3.63) is 0 Å². The van der Waals surface area contributed by atoms with Gasteiger partial charge < -0.3 is 15.7 Å². The van der Waals surface area contributed by atoms with E-state index in [1.807, 2.05) is 0 Å². The zero-order chi connectivity index (χ0) is 11.1. The molecule has 90 valence electrons. The Morgan fingerprint density at radius 1 is 1.27 bits per heavy atom. The number of rotatable bonds is 6. The largest absolute Gasteiger partial charge is 0.396 e. The lowest BCUT2D eigenvalue weighted by Gasteiger charge is -2.37. The summed E-state index contributed by atoms with van der Waals surface area (Å²) >= 11 is 0. The topological polar surface area (TPSA) is 49.5 Å². The third kappa shape index (κ3) is 4.49. The van der Waals surface area contributed by atoms with Gasteiger partial charge in [0.05, 0.1) is 0 Å². The highest BCUT2D eigenvalue weighted by Gasteiger charge is 2.23. The molecule has 0 spiro atoms. The monoisotopic (exact) mass is 214 g/mol. The van der Waals surface area contributed by atoms with Gasteiger partial charge in [-0.1, -0.05) is 0 Å². The molecule has 1 rings (SSSR count). The summed E-state index contributed by atoms with van der Waals surface area (Å²) in [5.41, 5.74) is 5.73. The van der Waals surface area contributed by atoms with Crippen molar-refractivity contribution in [1.82, 2.24) is 4.90 Å². The number of aliphatic hydroxyl groups is 1. The Balaban J connectivity index is 2.19. The minimum atomic E-state index is 0.334. The van der Waals surface area contributed by atoms with Crippen LogP contribution >= 0.6 is 0 Å². The number of unbranched alkanes of at least 4 members (excludes halogenated alkanes) is 2. The highest BCUT2D eigenvalue weighted by Crippen LogP contribution is 2.21. The zero-order valence-corrected chi connectivity index (χ0v) is 9.99. The van der Waals surface area contributed by atoms with E-state index in [4.69, 9.17) is 10.8 Å². The van der Waals surface area contributed by atoms with Gasteiger partial charge in [0.15, 0.2) is 0 Å². The Bertz CT molecular complexity index is 164. The molecule has 2 atom stereocenters. The quantitative estimate of drug-likeness (QED) is 0.653. The summed E-state index contributed by atoms with van der Waals surface area (Å²) in [6.07, 6.45) is 5.89. The zero-order valence-electron chi connectivity index (χ0n) is 9.99. The van der Waals surface area contributed by atoms with Gasteiger partial charge in [-0.15, -0.1) is 0 Å². The molecular weight excluding hydrogens is 188 g/mol. The molecule has 0 bridgehead atoms. The molecule has 0 saturated carbocycles. The first-order chi connectivity index (χ1) is 7.27. The molecule has 1 aliphatic rings. The predicted octanol–water partition coefficient (Wildman–Crippen LogP) is 1.21. The van der Waals surface area contributed by atoms with Crippen LogP contribution in [-0.4, -0.2) is 42.3 Å². The maximum absolute atomic E-state index is 8.71. The first-order valence-electron chi connectivity index (χ1n) is 6.33. The normalized spacial score (nSPS) is 28.2. The van der Waals surface area contributed by atoms with Gasteiger partial charge in [0.25, 0.3) is 0 Å². The first-order valence-corrected chi connectivity index (χ1v) is 6.33. The van der Waals surface area contributed by atoms with Gasteiger partial charge in [-0.05, 0) is 58.0 Å². The number of nitrogens with zero attached hydrogens (tertiary/aromatic N) is 1. The number of likely N-dealkylation sites (tertiary alicyclic amines) is 1. The molecule has 0 aromatic carbocycles. The summed E-state index contributed by atoms with van der Waals surface area (Å²) in [4.78, 5) is 2.57. The van der Waals surface area contributed by atoms with Crippen LogP contribution in [0.15, 0.2) is 0 Å². The van der Waals surface area contributed by atoms with Crippen molar-refractivity contribution in [3.8, 4) is 0 Å². The number of piperidine rings is 1. The second-order valence-corrected chi connectivity index (χ2v) is 4.81. The fraction of sp³-hybridized carbons (Fsp3) is 1.00. The molecule has 3 heteroatoms. The van der Waals surface area contributed by atoms with Crippen molar-refractivity contribution in [2.75, 3.05) is 26.2 Å². The standard InChI is InChI=1S/C12H26N2O/c1-11-5-6-12(9-13)10-14(11)7-3-2-4-8-15/h11-12,15H,2-10,13H2,1H3. The van der Waals surface area contributed by atoms with Crippen LogP contribution in [0.1, 0.15) is 39.0 Å². The average Bonchev–Trinajstić information content (AvgIpc) is 2.26.